The van der Waals surface area contributed by atoms with Crippen LogP contribution in [-0.2, 0) is 4.79 Å². The zero-order valence-corrected chi connectivity index (χ0v) is 12.0. The van der Waals surface area contributed by atoms with Crippen LogP contribution in [0.1, 0.15) is 5.56 Å². The molecule has 0 radical (unpaired) electrons. The maximum atomic E-state index is 13.6. The summed E-state index contributed by atoms with van der Waals surface area (Å²) >= 11 is 5.62. The molecule has 0 fully saturated rings. The van der Waals surface area contributed by atoms with Crippen LogP contribution in [0.3, 0.4) is 0 Å². The van der Waals surface area contributed by atoms with E-state index in [1.165, 1.54) is 18.2 Å². The Kier molecular flexibility index (Phi) is 4.75. The SMILES string of the molecule is Cc1ccc(NCC(=O)Nc2ccc(Cl)cc2F)c(F)c1. The molecular weight excluding hydrogens is 298 g/mol. The van der Waals surface area contributed by atoms with E-state index in [1.807, 2.05) is 0 Å². The molecule has 6 heteroatoms. The fraction of sp³-hybridized carbons (Fsp3) is 0.133. The molecule has 2 rings (SSSR count). The van der Waals surface area contributed by atoms with Gasteiger partial charge in [0.05, 0.1) is 17.9 Å². The number of rotatable bonds is 4. The van der Waals surface area contributed by atoms with Crippen molar-refractivity contribution in [3.63, 3.8) is 0 Å². The Morgan fingerprint density at radius 2 is 1.76 bits per heavy atom. The largest absolute Gasteiger partial charge is 0.374 e. The van der Waals surface area contributed by atoms with Crippen molar-refractivity contribution in [1.82, 2.24) is 0 Å². The third kappa shape index (κ3) is 4.16. The molecule has 1 amide bonds. The Labute approximate surface area is 125 Å². The van der Waals surface area contributed by atoms with Crippen molar-refractivity contribution >= 4 is 28.9 Å². The molecule has 0 saturated carbocycles. The first-order valence-electron chi connectivity index (χ1n) is 6.20. The van der Waals surface area contributed by atoms with Crippen LogP contribution in [0.5, 0.6) is 0 Å². The third-order valence-corrected chi connectivity index (χ3v) is 3.00. The quantitative estimate of drug-likeness (QED) is 0.897. The standard InChI is InChI=1S/C15H13ClF2N2O/c1-9-2-4-13(11(17)6-9)19-8-15(21)20-14-5-3-10(16)7-12(14)18/h2-7,19H,8H2,1H3,(H,20,21). The van der Waals surface area contributed by atoms with Crippen LogP contribution in [0.4, 0.5) is 20.2 Å². The molecule has 0 heterocycles. The number of anilines is 2. The number of carbonyl (C=O) groups excluding carboxylic acids is 1. The fourth-order valence-corrected chi connectivity index (χ4v) is 1.88. The summed E-state index contributed by atoms with van der Waals surface area (Å²) in [6.07, 6.45) is 0. The van der Waals surface area contributed by atoms with Gasteiger partial charge in [0.25, 0.3) is 0 Å². The molecule has 0 aromatic heterocycles. The van der Waals surface area contributed by atoms with E-state index >= 15 is 0 Å². The van der Waals surface area contributed by atoms with Crippen molar-refractivity contribution in [2.24, 2.45) is 0 Å². The molecule has 0 bridgehead atoms. The third-order valence-electron chi connectivity index (χ3n) is 2.77. The van der Waals surface area contributed by atoms with Crippen LogP contribution < -0.4 is 10.6 Å². The smallest absolute Gasteiger partial charge is 0.243 e. The second-order valence-electron chi connectivity index (χ2n) is 4.51. The van der Waals surface area contributed by atoms with Crippen LogP contribution in [0.2, 0.25) is 5.02 Å². The van der Waals surface area contributed by atoms with E-state index in [-0.39, 0.29) is 22.9 Å². The van der Waals surface area contributed by atoms with Crippen molar-refractivity contribution in [1.29, 1.82) is 0 Å². The number of halogens is 3. The molecule has 2 N–H and O–H groups in total. The number of amides is 1. The molecule has 0 atom stereocenters. The molecule has 0 spiro atoms. The van der Waals surface area contributed by atoms with Gasteiger partial charge in [0.1, 0.15) is 11.6 Å². The Hall–Kier alpha value is -2.14. The second kappa shape index (κ2) is 6.54. The number of aryl methyl sites for hydroxylation is 1. The number of carbonyl (C=O) groups is 1. The van der Waals surface area contributed by atoms with Crippen LogP contribution in [0, 0.1) is 18.6 Å². The molecule has 21 heavy (non-hydrogen) atoms. The lowest BCUT2D eigenvalue weighted by atomic mass is 10.2. The van der Waals surface area contributed by atoms with E-state index in [2.05, 4.69) is 10.6 Å². The molecule has 2 aromatic carbocycles. The number of hydrogen-bond acceptors (Lipinski definition) is 2. The summed E-state index contributed by atoms with van der Waals surface area (Å²) in [4.78, 5) is 11.7. The molecule has 0 unspecified atom stereocenters. The summed E-state index contributed by atoms with van der Waals surface area (Å²) in [5.41, 5.74) is 1.02. The van der Waals surface area contributed by atoms with Crippen molar-refractivity contribution in [3.05, 3.63) is 58.6 Å². The maximum absolute atomic E-state index is 13.6. The van der Waals surface area contributed by atoms with Crippen molar-refractivity contribution < 1.29 is 13.6 Å². The van der Waals surface area contributed by atoms with Crippen molar-refractivity contribution in [3.8, 4) is 0 Å². The first-order chi connectivity index (χ1) is 9.95. The first kappa shape index (κ1) is 15.3. The van der Waals surface area contributed by atoms with Crippen molar-refractivity contribution in [2.45, 2.75) is 6.92 Å². The lowest BCUT2D eigenvalue weighted by Gasteiger charge is -2.09. The van der Waals surface area contributed by atoms with Gasteiger partial charge < -0.3 is 10.6 Å². The van der Waals surface area contributed by atoms with E-state index in [0.29, 0.717) is 0 Å². The highest BCUT2D eigenvalue weighted by Gasteiger charge is 2.08. The highest BCUT2D eigenvalue weighted by Crippen LogP contribution is 2.19. The van der Waals surface area contributed by atoms with Gasteiger partial charge in [-0.3, -0.25) is 4.79 Å². The van der Waals surface area contributed by atoms with E-state index in [0.717, 1.165) is 11.6 Å². The zero-order valence-electron chi connectivity index (χ0n) is 11.2. The first-order valence-corrected chi connectivity index (χ1v) is 6.58. The van der Waals surface area contributed by atoms with Gasteiger partial charge in [-0.05, 0) is 42.8 Å². The monoisotopic (exact) mass is 310 g/mol. The summed E-state index contributed by atoms with van der Waals surface area (Å²) < 4.78 is 27.1. The highest BCUT2D eigenvalue weighted by atomic mass is 35.5. The summed E-state index contributed by atoms with van der Waals surface area (Å²) in [5, 5.41) is 5.28. The van der Waals surface area contributed by atoms with Crippen LogP contribution in [0.15, 0.2) is 36.4 Å². The Morgan fingerprint density at radius 1 is 1.10 bits per heavy atom. The molecule has 0 aliphatic carbocycles. The van der Waals surface area contributed by atoms with E-state index in [9.17, 15) is 13.6 Å². The second-order valence-corrected chi connectivity index (χ2v) is 4.95. The minimum Gasteiger partial charge on any atom is -0.374 e. The molecule has 0 saturated heterocycles. The predicted octanol–water partition coefficient (Wildman–Crippen LogP) is 3.98. The van der Waals surface area contributed by atoms with E-state index < -0.39 is 17.5 Å². The Bertz CT molecular complexity index is 677. The maximum Gasteiger partial charge on any atom is 0.243 e. The summed E-state index contributed by atoms with van der Waals surface area (Å²) in [6.45, 7) is 1.59. The van der Waals surface area contributed by atoms with E-state index in [4.69, 9.17) is 11.6 Å². The van der Waals surface area contributed by atoms with Gasteiger partial charge >= 0.3 is 0 Å². The highest BCUT2D eigenvalue weighted by molar-refractivity contribution is 6.30. The van der Waals surface area contributed by atoms with Gasteiger partial charge in [0, 0.05) is 5.02 Å². The predicted molar refractivity (Wildman–Crippen MR) is 79.7 cm³/mol. The van der Waals surface area contributed by atoms with Gasteiger partial charge in [-0.1, -0.05) is 17.7 Å². The average Bonchev–Trinajstić information content (AvgIpc) is 2.41. The minimum atomic E-state index is -0.627. The normalized spacial score (nSPS) is 10.3. The van der Waals surface area contributed by atoms with Crippen LogP contribution in [0.25, 0.3) is 0 Å². The van der Waals surface area contributed by atoms with Crippen LogP contribution >= 0.6 is 11.6 Å². The lowest BCUT2D eigenvalue weighted by Crippen LogP contribution is -2.22. The van der Waals surface area contributed by atoms with E-state index in [1.54, 1.807) is 19.1 Å². The number of benzene rings is 2. The molecule has 2 aromatic rings. The van der Waals surface area contributed by atoms with Gasteiger partial charge in [-0.2, -0.15) is 0 Å². The Morgan fingerprint density at radius 3 is 2.43 bits per heavy atom. The topological polar surface area (TPSA) is 41.1 Å². The van der Waals surface area contributed by atoms with Gasteiger partial charge in [0.15, 0.2) is 0 Å². The minimum absolute atomic E-state index is 0.0237. The van der Waals surface area contributed by atoms with Gasteiger partial charge in [0.2, 0.25) is 5.91 Å². The summed E-state index contributed by atoms with van der Waals surface area (Å²) in [6, 6.07) is 8.56. The number of hydrogen-bond donors (Lipinski definition) is 2. The fourth-order valence-electron chi connectivity index (χ4n) is 1.72. The van der Waals surface area contributed by atoms with Gasteiger partial charge in [-0.25, -0.2) is 8.78 Å². The Balaban J connectivity index is 1.96. The lowest BCUT2D eigenvalue weighted by molar-refractivity contribution is -0.114. The summed E-state index contributed by atoms with van der Waals surface area (Å²) in [7, 11) is 0. The van der Waals surface area contributed by atoms with Crippen LogP contribution in [-0.4, -0.2) is 12.5 Å². The number of nitrogens with one attached hydrogen (secondary N) is 2. The average molecular weight is 311 g/mol. The summed E-state index contributed by atoms with van der Waals surface area (Å²) in [5.74, 6) is -1.56. The molecular formula is C15H13ClF2N2O. The van der Waals surface area contributed by atoms with Gasteiger partial charge in [-0.15, -0.1) is 0 Å². The zero-order chi connectivity index (χ0) is 15.4. The molecule has 0 aliphatic heterocycles. The van der Waals surface area contributed by atoms with Crippen molar-refractivity contribution in [2.75, 3.05) is 17.2 Å². The molecule has 0 aliphatic rings. The molecule has 3 nitrogen and oxygen atoms in total. The molecule has 110 valence electrons.